The van der Waals surface area contributed by atoms with Crippen molar-refractivity contribution in [1.29, 1.82) is 0 Å². The molecule has 3 N–H and O–H groups in total. The molecule has 2 aliphatic heterocycles. The normalized spacial score (nSPS) is 18.6. The molecule has 0 spiro atoms. The summed E-state index contributed by atoms with van der Waals surface area (Å²) in [5.74, 6) is -0.334. The van der Waals surface area contributed by atoms with Crippen LogP contribution < -0.4 is 15.8 Å². The lowest BCUT2D eigenvalue weighted by atomic mass is 9.99. The van der Waals surface area contributed by atoms with Crippen LogP contribution in [0.3, 0.4) is 0 Å². The first-order valence-electron chi connectivity index (χ1n) is 14.1. The van der Waals surface area contributed by atoms with Crippen LogP contribution in [0.25, 0.3) is 0 Å². The molecule has 12 nitrogen and oxygen atoms in total. The maximum atomic E-state index is 14.5. The van der Waals surface area contributed by atoms with E-state index in [-0.39, 0.29) is 29.6 Å². The van der Waals surface area contributed by atoms with E-state index in [0.29, 0.717) is 29.5 Å². The molecule has 3 heterocycles. The number of primary amides is 1. The molecule has 2 atom stereocenters. The van der Waals surface area contributed by atoms with Crippen LogP contribution in [0.5, 0.6) is 5.75 Å². The first kappa shape index (κ1) is 30.7. The highest BCUT2D eigenvalue weighted by molar-refractivity contribution is 6.30. The van der Waals surface area contributed by atoms with Gasteiger partial charge >= 0.3 is 6.03 Å². The van der Waals surface area contributed by atoms with Crippen LogP contribution in [0.4, 0.5) is 4.79 Å². The molecule has 3 aromatic rings. The molecule has 2 aromatic carbocycles. The Bertz CT molecular complexity index is 1640. The smallest absolute Gasteiger partial charge is 0.326 e. The monoisotopic (exact) mass is 619 g/mol. The Morgan fingerprint density at radius 3 is 2.48 bits per heavy atom. The minimum atomic E-state index is -0.747. The average molecular weight is 620 g/mol. The molecular weight excluding hydrogens is 586 g/mol. The summed E-state index contributed by atoms with van der Waals surface area (Å²) in [5.41, 5.74) is 6.04. The van der Waals surface area contributed by atoms with Gasteiger partial charge in [0.05, 0.1) is 12.0 Å². The van der Waals surface area contributed by atoms with E-state index in [4.69, 9.17) is 27.1 Å². The van der Waals surface area contributed by atoms with Gasteiger partial charge in [-0.3, -0.25) is 24.3 Å². The van der Waals surface area contributed by atoms with Crippen LogP contribution in [0.2, 0.25) is 5.02 Å². The highest BCUT2D eigenvalue weighted by atomic mass is 35.5. The minimum absolute atomic E-state index is 0.118. The Balaban J connectivity index is 1.72. The van der Waals surface area contributed by atoms with Crippen molar-refractivity contribution < 1.29 is 23.9 Å². The topological polar surface area (TPSA) is 152 Å². The van der Waals surface area contributed by atoms with Gasteiger partial charge in [-0.2, -0.15) is 0 Å². The summed E-state index contributed by atoms with van der Waals surface area (Å²) in [6.07, 6.45) is 2.98. The predicted octanol–water partition coefficient (Wildman–Crippen LogP) is 3.41. The van der Waals surface area contributed by atoms with Gasteiger partial charge in [0.2, 0.25) is 11.8 Å². The van der Waals surface area contributed by atoms with Gasteiger partial charge in [0, 0.05) is 43.1 Å². The van der Waals surface area contributed by atoms with Crippen LogP contribution in [0.15, 0.2) is 59.9 Å². The van der Waals surface area contributed by atoms with Crippen molar-refractivity contribution in [2.45, 2.75) is 44.9 Å². The molecular formula is C31H34ClN7O5. The standard InChI is InChI=1S/C31H34ClN7O5/c1-31(2,3)44-23-15-19(22(40)16-24(33)41)7-10-21(23)28-36-26(18-5-8-20(32)9-6-18)27(29-35-11-13-37(29)4)39(28)30(43)38-14-12-34-25(42)17-38/h5-11,13,15,26-27H,12,14,16-17H2,1-4H3,(H2,33,41)(H,34,42). The predicted molar refractivity (Wildman–Crippen MR) is 163 cm³/mol. The zero-order valence-electron chi connectivity index (χ0n) is 24.9. The number of aryl methyl sites for hydroxylation is 1. The quantitative estimate of drug-likeness (QED) is 0.305. The Labute approximate surface area is 259 Å². The Hall–Kier alpha value is -4.71. The van der Waals surface area contributed by atoms with Crippen molar-refractivity contribution >= 4 is 41.1 Å². The molecule has 230 valence electrons. The van der Waals surface area contributed by atoms with Gasteiger partial charge in [0.15, 0.2) is 5.78 Å². The Kier molecular flexibility index (Phi) is 8.46. The number of hydrogen-bond acceptors (Lipinski definition) is 7. The average Bonchev–Trinajstić information content (AvgIpc) is 3.55. The van der Waals surface area contributed by atoms with E-state index in [0.717, 1.165) is 5.56 Å². The molecule has 0 bridgehead atoms. The maximum absolute atomic E-state index is 14.5. The third-order valence-electron chi connectivity index (χ3n) is 7.21. The van der Waals surface area contributed by atoms with Crippen molar-refractivity contribution in [1.82, 2.24) is 24.7 Å². The number of nitrogens with one attached hydrogen (secondary N) is 1. The van der Waals surface area contributed by atoms with E-state index in [2.05, 4.69) is 10.3 Å². The Morgan fingerprint density at radius 1 is 1.14 bits per heavy atom. The number of benzene rings is 2. The van der Waals surface area contributed by atoms with Crippen LogP contribution in [-0.4, -0.2) is 74.1 Å². The van der Waals surface area contributed by atoms with Gasteiger partial charge in [-0.1, -0.05) is 29.8 Å². The number of aromatic nitrogens is 2. The van der Waals surface area contributed by atoms with Gasteiger partial charge in [0.25, 0.3) is 0 Å². The minimum Gasteiger partial charge on any atom is -0.487 e. The fraction of sp³-hybridized carbons (Fsp3) is 0.355. The lowest BCUT2D eigenvalue weighted by Crippen LogP contribution is -2.55. The SMILES string of the molecule is Cn1ccnc1C1C(c2ccc(Cl)cc2)N=C(c2ccc(C(=O)CC(N)=O)cc2OC(C)(C)C)N1C(=O)N1CCNC(=O)C1. The summed E-state index contributed by atoms with van der Waals surface area (Å²) in [7, 11) is 1.84. The summed E-state index contributed by atoms with van der Waals surface area (Å²) in [6.45, 7) is 6.06. The van der Waals surface area contributed by atoms with E-state index >= 15 is 0 Å². The summed E-state index contributed by atoms with van der Waals surface area (Å²) in [5, 5.41) is 3.31. The van der Waals surface area contributed by atoms with Crippen molar-refractivity contribution in [3.8, 4) is 5.75 Å². The van der Waals surface area contributed by atoms with Gasteiger partial charge in [-0.25, -0.2) is 9.78 Å². The lowest BCUT2D eigenvalue weighted by Gasteiger charge is -2.35. The second kappa shape index (κ2) is 12.1. The van der Waals surface area contributed by atoms with Crippen molar-refractivity contribution in [3.63, 3.8) is 0 Å². The Morgan fingerprint density at radius 2 is 1.86 bits per heavy atom. The maximum Gasteiger partial charge on any atom is 0.326 e. The molecule has 4 amide bonds. The molecule has 44 heavy (non-hydrogen) atoms. The molecule has 0 aliphatic carbocycles. The fourth-order valence-corrected chi connectivity index (χ4v) is 5.42. The number of aliphatic imine (C=N–C) groups is 1. The van der Waals surface area contributed by atoms with Gasteiger partial charge < -0.3 is 25.3 Å². The molecule has 13 heteroatoms. The number of carbonyl (C=O) groups excluding carboxylic acids is 4. The summed E-state index contributed by atoms with van der Waals surface area (Å²) < 4.78 is 8.16. The summed E-state index contributed by atoms with van der Waals surface area (Å²) >= 11 is 6.22. The van der Waals surface area contributed by atoms with Crippen molar-refractivity contribution in [2.24, 2.45) is 17.8 Å². The number of imidazole rings is 1. The number of nitrogens with zero attached hydrogens (tertiary/aromatic N) is 5. The van der Waals surface area contributed by atoms with Crippen molar-refractivity contribution in [2.75, 3.05) is 19.6 Å². The number of piperazine rings is 1. The zero-order chi connectivity index (χ0) is 31.8. The molecule has 1 aromatic heterocycles. The van der Waals surface area contributed by atoms with Crippen LogP contribution in [0, 0.1) is 0 Å². The number of carbonyl (C=O) groups is 4. The summed E-state index contributed by atoms with van der Waals surface area (Å²) in [6, 6.07) is 10.2. The van der Waals surface area contributed by atoms with Gasteiger partial charge in [-0.05, 0) is 50.6 Å². The number of ketones is 1. The van der Waals surface area contributed by atoms with Crippen LogP contribution in [0.1, 0.15) is 66.6 Å². The number of ether oxygens (including phenoxy) is 1. The number of Topliss-reactive ketones (excluding diaryl/α,β-unsaturated/α-hetero) is 1. The molecule has 2 unspecified atom stereocenters. The number of rotatable bonds is 7. The first-order valence-corrected chi connectivity index (χ1v) is 14.5. The second-order valence-electron chi connectivity index (χ2n) is 11.7. The number of urea groups is 1. The van der Waals surface area contributed by atoms with Crippen molar-refractivity contribution in [3.05, 3.63) is 82.4 Å². The number of amidine groups is 1. The molecule has 5 rings (SSSR count). The number of hydrogen-bond donors (Lipinski definition) is 2. The molecule has 1 saturated heterocycles. The third kappa shape index (κ3) is 6.45. The fourth-order valence-electron chi connectivity index (χ4n) is 5.29. The van der Waals surface area contributed by atoms with Crippen LogP contribution >= 0.6 is 11.6 Å². The zero-order valence-corrected chi connectivity index (χ0v) is 25.7. The first-order chi connectivity index (χ1) is 20.8. The number of halogens is 1. The van der Waals surface area contributed by atoms with Gasteiger partial charge in [-0.15, -0.1) is 0 Å². The largest absolute Gasteiger partial charge is 0.487 e. The van der Waals surface area contributed by atoms with E-state index in [1.165, 1.54) is 11.0 Å². The summed E-state index contributed by atoms with van der Waals surface area (Å²) in [4.78, 5) is 63.9. The van der Waals surface area contributed by atoms with E-state index in [1.807, 2.05) is 44.5 Å². The number of nitrogens with two attached hydrogens (primary N) is 1. The van der Waals surface area contributed by atoms with E-state index < -0.39 is 41.8 Å². The van der Waals surface area contributed by atoms with Crippen LogP contribution in [-0.2, 0) is 16.6 Å². The molecule has 0 radical (unpaired) electrons. The highest BCUT2D eigenvalue weighted by Crippen LogP contribution is 2.45. The van der Waals surface area contributed by atoms with Gasteiger partial charge in [0.1, 0.15) is 41.6 Å². The van der Waals surface area contributed by atoms with E-state index in [1.54, 1.807) is 41.6 Å². The molecule has 2 aliphatic rings. The molecule has 1 fully saturated rings. The van der Waals surface area contributed by atoms with E-state index in [9.17, 15) is 19.2 Å². The second-order valence-corrected chi connectivity index (χ2v) is 12.1. The number of amides is 4. The third-order valence-corrected chi connectivity index (χ3v) is 7.46. The lowest BCUT2D eigenvalue weighted by molar-refractivity contribution is -0.123. The highest BCUT2D eigenvalue weighted by Gasteiger charge is 2.47. The molecule has 0 saturated carbocycles.